The molecule has 0 aliphatic carbocycles. The van der Waals surface area contributed by atoms with Crippen molar-refractivity contribution in [3.05, 3.63) is 47.9 Å². The van der Waals surface area contributed by atoms with Crippen LogP contribution < -0.4 is 5.32 Å². The monoisotopic (exact) mass is 235 g/mol. The van der Waals surface area contributed by atoms with E-state index in [-0.39, 0.29) is 11.9 Å². The molecule has 0 aliphatic rings. The van der Waals surface area contributed by atoms with Crippen LogP contribution in [0.3, 0.4) is 0 Å². The molecule has 0 fully saturated rings. The first-order chi connectivity index (χ1) is 8.24. The SMILES string of the molecule is CC(Cc1cccc(F)c1)NCc1ncon1. The largest absolute Gasteiger partial charge is 0.343 e. The van der Waals surface area contributed by atoms with Crippen LogP contribution in [0, 0.1) is 5.82 Å². The molecule has 17 heavy (non-hydrogen) atoms. The predicted octanol–water partition coefficient (Wildman–Crippen LogP) is 1.93. The second-order valence-corrected chi connectivity index (χ2v) is 3.96. The summed E-state index contributed by atoms with van der Waals surface area (Å²) < 4.78 is 17.6. The van der Waals surface area contributed by atoms with E-state index in [1.165, 1.54) is 12.5 Å². The summed E-state index contributed by atoms with van der Waals surface area (Å²) in [6.07, 6.45) is 2.06. The van der Waals surface area contributed by atoms with Gasteiger partial charge >= 0.3 is 0 Å². The predicted molar refractivity (Wildman–Crippen MR) is 60.7 cm³/mol. The Morgan fingerprint density at radius 1 is 1.47 bits per heavy atom. The van der Waals surface area contributed by atoms with Gasteiger partial charge < -0.3 is 9.84 Å². The fourth-order valence-corrected chi connectivity index (χ4v) is 1.63. The number of rotatable bonds is 5. The number of aromatic nitrogens is 2. The van der Waals surface area contributed by atoms with Crippen molar-refractivity contribution in [1.29, 1.82) is 0 Å². The molecule has 0 bridgehead atoms. The van der Waals surface area contributed by atoms with E-state index in [4.69, 9.17) is 0 Å². The Morgan fingerprint density at radius 2 is 2.35 bits per heavy atom. The molecule has 5 heteroatoms. The smallest absolute Gasteiger partial charge is 0.213 e. The van der Waals surface area contributed by atoms with Crippen molar-refractivity contribution in [2.75, 3.05) is 0 Å². The second kappa shape index (κ2) is 5.54. The number of benzene rings is 1. The van der Waals surface area contributed by atoms with Crippen LogP contribution >= 0.6 is 0 Å². The molecule has 90 valence electrons. The molecule has 0 aliphatic heterocycles. The molecular formula is C12H14FN3O. The van der Waals surface area contributed by atoms with Crippen LogP contribution in [0.5, 0.6) is 0 Å². The normalized spacial score (nSPS) is 12.6. The third-order valence-corrected chi connectivity index (χ3v) is 2.45. The maximum Gasteiger partial charge on any atom is 0.213 e. The van der Waals surface area contributed by atoms with E-state index in [1.54, 1.807) is 12.1 Å². The zero-order chi connectivity index (χ0) is 12.1. The van der Waals surface area contributed by atoms with Gasteiger partial charge in [0.15, 0.2) is 5.82 Å². The highest BCUT2D eigenvalue weighted by atomic mass is 19.1. The number of nitrogens with zero attached hydrogens (tertiary/aromatic N) is 2. The van der Waals surface area contributed by atoms with Gasteiger partial charge in [0.25, 0.3) is 0 Å². The quantitative estimate of drug-likeness (QED) is 0.860. The van der Waals surface area contributed by atoms with Crippen LogP contribution in [0.15, 0.2) is 35.2 Å². The summed E-state index contributed by atoms with van der Waals surface area (Å²) in [6.45, 7) is 2.58. The highest BCUT2D eigenvalue weighted by Gasteiger charge is 2.05. The zero-order valence-electron chi connectivity index (χ0n) is 9.56. The summed E-state index contributed by atoms with van der Waals surface area (Å²) in [4.78, 5) is 3.91. The Bertz CT molecular complexity index is 459. The number of halogens is 1. The van der Waals surface area contributed by atoms with E-state index in [2.05, 4.69) is 20.0 Å². The molecule has 0 amide bonds. The molecule has 1 aromatic heterocycles. The van der Waals surface area contributed by atoms with Crippen molar-refractivity contribution >= 4 is 0 Å². The maximum absolute atomic E-state index is 13.0. The molecule has 1 aromatic carbocycles. The molecule has 0 saturated carbocycles. The first-order valence-corrected chi connectivity index (χ1v) is 5.47. The Balaban J connectivity index is 1.83. The minimum atomic E-state index is -0.201. The van der Waals surface area contributed by atoms with E-state index in [9.17, 15) is 4.39 Å². The Hall–Kier alpha value is -1.75. The first kappa shape index (κ1) is 11.7. The standard InChI is InChI=1S/C12H14FN3O/c1-9(14-7-12-15-8-17-16-12)5-10-3-2-4-11(13)6-10/h2-4,6,8-9,14H,5,7H2,1H3. The minimum absolute atomic E-state index is 0.201. The van der Waals surface area contributed by atoms with Gasteiger partial charge in [0, 0.05) is 6.04 Å². The molecule has 4 nitrogen and oxygen atoms in total. The second-order valence-electron chi connectivity index (χ2n) is 3.96. The van der Waals surface area contributed by atoms with Crippen molar-refractivity contribution in [1.82, 2.24) is 15.5 Å². The lowest BCUT2D eigenvalue weighted by molar-refractivity contribution is 0.404. The van der Waals surface area contributed by atoms with Crippen molar-refractivity contribution in [3.63, 3.8) is 0 Å². The van der Waals surface area contributed by atoms with Crippen LogP contribution in [-0.2, 0) is 13.0 Å². The van der Waals surface area contributed by atoms with Gasteiger partial charge in [-0.15, -0.1) is 0 Å². The third-order valence-electron chi connectivity index (χ3n) is 2.45. The van der Waals surface area contributed by atoms with Gasteiger partial charge in [0.1, 0.15) is 5.82 Å². The average Bonchev–Trinajstić information content (AvgIpc) is 2.79. The van der Waals surface area contributed by atoms with Crippen molar-refractivity contribution in [2.45, 2.75) is 25.9 Å². The van der Waals surface area contributed by atoms with Crippen molar-refractivity contribution < 1.29 is 8.91 Å². The number of hydrogen-bond acceptors (Lipinski definition) is 4. The van der Waals surface area contributed by atoms with Crippen LogP contribution in [0.4, 0.5) is 4.39 Å². The Kier molecular flexibility index (Phi) is 3.82. The van der Waals surface area contributed by atoms with Crippen LogP contribution in [0.1, 0.15) is 18.3 Å². The Morgan fingerprint density at radius 3 is 3.06 bits per heavy atom. The van der Waals surface area contributed by atoms with E-state index < -0.39 is 0 Å². The van der Waals surface area contributed by atoms with Gasteiger partial charge in [-0.1, -0.05) is 17.3 Å². The van der Waals surface area contributed by atoms with Gasteiger partial charge in [-0.3, -0.25) is 0 Å². The maximum atomic E-state index is 13.0. The fraction of sp³-hybridized carbons (Fsp3) is 0.333. The highest BCUT2D eigenvalue weighted by molar-refractivity contribution is 5.17. The van der Waals surface area contributed by atoms with Gasteiger partial charge in [-0.25, -0.2) is 4.39 Å². The molecule has 2 aromatic rings. The van der Waals surface area contributed by atoms with E-state index in [0.29, 0.717) is 12.4 Å². The van der Waals surface area contributed by atoms with Crippen LogP contribution in [0.2, 0.25) is 0 Å². The fourth-order valence-electron chi connectivity index (χ4n) is 1.63. The van der Waals surface area contributed by atoms with Crippen molar-refractivity contribution in [2.24, 2.45) is 0 Å². The molecule has 1 heterocycles. The summed E-state index contributed by atoms with van der Waals surface area (Å²) in [5, 5.41) is 6.95. The summed E-state index contributed by atoms with van der Waals surface area (Å²) in [7, 11) is 0. The molecule has 2 rings (SSSR count). The minimum Gasteiger partial charge on any atom is -0.343 e. The number of nitrogens with one attached hydrogen (secondary N) is 1. The molecule has 0 spiro atoms. The topological polar surface area (TPSA) is 51.0 Å². The zero-order valence-corrected chi connectivity index (χ0v) is 9.56. The summed E-state index contributed by atoms with van der Waals surface area (Å²) >= 11 is 0. The van der Waals surface area contributed by atoms with Crippen molar-refractivity contribution in [3.8, 4) is 0 Å². The lowest BCUT2D eigenvalue weighted by atomic mass is 10.1. The van der Waals surface area contributed by atoms with Gasteiger partial charge in [0.2, 0.25) is 6.39 Å². The molecule has 1 unspecified atom stereocenters. The average molecular weight is 235 g/mol. The summed E-state index contributed by atoms with van der Waals surface area (Å²) in [6, 6.07) is 6.84. The molecular weight excluding hydrogens is 221 g/mol. The highest BCUT2D eigenvalue weighted by Crippen LogP contribution is 2.06. The van der Waals surface area contributed by atoms with Crippen LogP contribution in [0.25, 0.3) is 0 Å². The van der Waals surface area contributed by atoms with Gasteiger partial charge in [-0.2, -0.15) is 4.98 Å². The van der Waals surface area contributed by atoms with Crippen LogP contribution in [-0.4, -0.2) is 16.2 Å². The first-order valence-electron chi connectivity index (χ1n) is 5.47. The number of hydrogen-bond donors (Lipinski definition) is 1. The molecule has 0 radical (unpaired) electrons. The van der Waals surface area contributed by atoms with E-state index in [1.807, 2.05) is 13.0 Å². The summed E-state index contributed by atoms with van der Waals surface area (Å²) in [5.41, 5.74) is 0.970. The molecule has 1 N–H and O–H groups in total. The van der Waals surface area contributed by atoms with Gasteiger partial charge in [-0.05, 0) is 31.0 Å². The van der Waals surface area contributed by atoms with E-state index >= 15 is 0 Å². The summed E-state index contributed by atoms with van der Waals surface area (Å²) in [5.74, 6) is 0.420. The molecule has 1 atom stereocenters. The lowest BCUT2D eigenvalue weighted by Gasteiger charge is -2.12. The third kappa shape index (κ3) is 3.64. The Labute approximate surface area is 98.8 Å². The molecule has 0 saturated heterocycles. The van der Waals surface area contributed by atoms with E-state index in [0.717, 1.165) is 12.0 Å². The van der Waals surface area contributed by atoms with Gasteiger partial charge in [0.05, 0.1) is 6.54 Å². The lowest BCUT2D eigenvalue weighted by Crippen LogP contribution is -2.28.